The van der Waals surface area contributed by atoms with Crippen molar-refractivity contribution < 1.29 is 52.3 Å². The number of hydrogen-bond donors (Lipinski definition) is 3. The average Bonchev–Trinajstić information content (AvgIpc) is 1.21. The van der Waals surface area contributed by atoms with Crippen molar-refractivity contribution in [1.29, 1.82) is 0 Å². The summed E-state index contributed by atoms with van der Waals surface area (Å²) in [5, 5.41) is 36.9. The summed E-state index contributed by atoms with van der Waals surface area (Å²) in [6.45, 7) is 9.78. The molecule has 6 aromatic heterocycles. The Morgan fingerprint density at radius 1 is 0.544 bits per heavy atom. The standard InChI is InChI=1S/C26H32N6O3.C26H29N5O4.C25H27N5O3/c1-17(2)27-13-21(33)16-32(20-8-22(34-4)11-23(9-20)35-5)19-6-7-24-25(10-19)30-26(14-28-24)18-12-29-31(3)15-18;1-33-21-11-20(12-22(14-21)34-2)30(8-9-32)19-6-7-23-24(13-19)29-25(16-27-23)18-15-28-31(17-18)26-5-3-4-10-35-26;1-16(2)25(31)15-30(19-8-20(32-4)11-21(9-19)33-5)18-6-7-22-23(10-18)28-24(13-26-22)17-12-27-29(3)14-17/h6-12,14-15,17,21,27,33H,13,16H2,1-5H3;6-7,11-17,26,32H,3-5,8-10H2,1-2H3;6-14,16H,15H2,1-5H3/i;1D3;. The third-order valence-electron chi connectivity index (χ3n) is 17.1. The van der Waals surface area contributed by atoms with Crippen molar-refractivity contribution in [3.8, 4) is 68.3 Å². The van der Waals surface area contributed by atoms with E-state index in [9.17, 15) is 15.0 Å². The second-order valence-corrected chi connectivity index (χ2v) is 25.1. The largest absolute Gasteiger partial charge is 0.497 e. The normalized spacial score (nSPS) is 13.6. The summed E-state index contributed by atoms with van der Waals surface area (Å²) in [5.41, 5.74) is 13.8. The first-order valence-corrected chi connectivity index (χ1v) is 33.7. The van der Waals surface area contributed by atoms with Gasteiger partial charge in [-0.3, -0.25) is 29.1 Å². The average molecular weight is 1400 g/mol. The van der Waals surface area contributed by atoms with E-state index in [2.05, 4.69) is 49.4 Å². The van der Waals surface area contributed by atoms with Crippen LogP contribution in [0.5, 0.6) is 34.5 Å². The van der Waals surface area contributed by atoms with Crippen LogP contribution in [0.25, 0.3) is 66.9 Å². The summed E-state index contributed by atoms with van der Waals surface area (Å²) in [5.74, 6) is 3.19. The zero-order valence-electron chi connectivity index (χ0n) is 62.6. The lowest BCUT2D eigenvalue weighted by Gasteiger charge is -2.29. The molecule has 0 bridgehead atoms. The predicted molar refractivity (Wildman–Crippen MR) is 399 cm³/mol. The van der Waals surface area contributed by atoms with Crippen LogP contribution in [0.3, 0.4) is 0 Å². The van der Waals surface area contributed by atoms with E-state index in [1.165, 1.54) is 13.2 Å². The van der Waals surface area contributed by atoms with Gasteiger partial charge < -0.3 is 63.4 Å². The molecule has 536 valence electrons. The molecule has 0 spiro atoms. The third-order valence-corrected chi connectivity index (χ3v) is 17.1. The zero-order chi connectivity index (χ0) is 75.2. The van der Waals surface area contributed by atoms with E-state index in [-0.39, 0.29) is 49.4 Å². The van der Waals surface area contributed by atoms with Gasteiger partial charge in [-0.1, -0.05) is 27.7 Å². The van der Waals surface area contributed by atoms with E-state index in [1.807, 2.05) is 151 Å². The molecule has 0 saturated carbocycles. The van der Waals surface area contributed by atoms with Crippen molar-refractivity contribution in [2.75, 3.05) is 96.7 Å². The van der Waals surface area contributed by atoms with Crippen LogP contribution in [0.15, 0.2) is 165 Å². The minimum atomic E-state index is -2.61. The van der Waals surface area contributed by atoms with Crippen LogP contribution in [0.4, 0.5) is 34.1 Å². The summed E-state index contributed by atoms with van der Waals surface area (Å²) in [7, 11) is 9.06. The zero-order valence-corrected chi connectivity index (χ0v) is 59.6. The van der Waals surface area contributed by atoms with Gasteiger partial charge in [0.1, 0.15) is 40.7 Å². The van der Waals surface area contributed by atoms with Crippen molar-refractivity contribution in [3.63, 3.8) is 0 Å². The second kappa shape index (κ2) is 33.9. The molecule has 7 heterocycles. The number of anilines is 6. The first kappa shape index (κ1) is 68.8. The molecule has 13 rings (SSSR count). The molecule has 1 aliphatic rings. The Balaban J connectivity index is 0.000000159. The number of hydrogen-bond acceptors (Lipinski definition) is 23. The van der Waals surface area contributed by atoms with Crippen LogP contribution < -0.4 is 48.4 Å². The number of nitrogens with zero attached hydrogens (tertiary/aromatic N) is 15. The fraction of sp³-hybridized carbons (Fsp3) is 0.325. The lowest BCUT2D eigenvalue weighted by Crippen LogP contribution is -2.38. The minimum Gasteiger partial charge on any atom is -0.497 e. The quantitative estimate of drug-likeness (QED) is 0.0454. The van der Waals surface area contributed by atoms with E-state index in [4.69, 9.17) is 52.2 Å². The molecule has 1 aliphatic heterocycles. The Hall–Kier alpha value is -11.3. The summed E-state index contributed by atoms with van der Waals surface area (Å²) in [6, 6.07) is 33.7. The number of fused-ring (bicyclic) bond motifs is 3. The van der Waals surface area contributed by atoms with Crippen LogP contribution in [-0.2, 0) is 23.6 Å². The first-order valence-electron chi connectivity index (χ1n) is 35.2. The third kappa shape index (κ3) is 18.2. The first-order chi connectivity index (χ1) is 51.1. The van der Waals surface area contributed by atoms with Crippen LogP contribution in [0, 0.1) is 5.92 Å². The van der Waals surface area contributed by atoms with E-state index in [0.717, 1.165) is 104 Å². The highest BCUT2D eigenvalue weighted by Gasteiger charge is 2.23. The van der Waals surface area contributed by atoms with E-state index in [1.54, 1.807) is 93.2 Å². The highest BCUT2D eigenvalue weighted by Crippen LogP contribution is 2.39. The summed E-state index contributed by atoms with van der Waals surface area (Å²) >= 11 is 0. The fourth-order valence-electron chi connectivity index (χ4n) is 11.6. The van der Waals surface area contributed by atoms with Gasteiger partial charge >= 0.3 is 0 Å². The second-order valence-electron chi connectivity index (χ2n) is 25.1. The SMILES string of the molecule is COc1cc(OC)cc(N(CC(=O)C(C)C)c2ccc3ncc(-c4cnn(C)c4)nc3c2)c1.COc1cc(OC)cc(N(CC(O)CNC(C)C)c2ccc3ncc(-c4cnn(C)c4)nc3c2)c1.[2H]C([2H])([2H])Oc1cc(OC)cc(N(CCO)c2ccc3ncc(-c4cnn(C5CCCCO5)c4)nc3c2)c1. The molecule has 26 heteroatoms. The maximum Gasteiger partial charge on any atom is 0.155 e. The van der Waals surface area contributed by atoms with Gasteiger partial charge in [0.05, 0.1) is 160 Å². The molecular formula is C77H88N16O10. The lowest BCUT2D eigenvalue weighted by atomic mass is 10.1. The molecule has 12 aromatic rings. The Labute approximate surface area is 602 Å². The van der Waals surface area contributed by atoms with E-state index < -0.39 is 13.1 Å². The van der Waals surface area contributed by atoms with Gasteiger partial charge in [-0.2, -0.15) is 15.3 Å². The molecule has 26 nitrogen and oxygen atoms in total. The van der Waals surface area contributed by atoms with Crippen LogP contribution in [0.2, 0.25) is 0 Å². The Bertz CT molecular complexity index is 4920. The summed E-state index contributed by atoms with van der Waals surface area (Å²) in [4.78, 5) is 46.8. The smallest absolute Gasteiger partial charge is 0.155 e. The predicted octanol–water partition coefficient (Wildman–Crippen LogP) is 12.3. The van der Waals surface area contributed by atoms with Crippen LogP contribution >= 0.6 is 0 Å². The number of carbonyl (C=O) groups excluding carboxylic acids is 1. The van der Waals surface area contributed by atoms with Crippen molar-refractivity contribution >= 4 is 73.0 Å². The molecule has 0 radical (unpaired) electrons. The molecular weight excluding hydrogens is 1310 g/mol. The van der Waals surface area contributed by atoms with E-state index in [0.29, 0.717) is 64.3 Å². The van der Waals surface area contributed by atoms with Gasteiger partial charge in [0.15, 0.2) is 5.78 Å². The topological polar surface area (TPSA) is 275 Å². The van der Waals surface area contributed by atoms with Gasteiger partial charge in [0.2, 0.25) is 0 Å². The molecule has 0 amide bonds. The maximum absolute atomic E-state index is 12.8. The fourth-order valence-corrected chi connectivity index (χ4v) is 11.6. The number of carbonyl (C=O) groups is 1. The Kier molecular flexibility index (Phi) is 22.6. The molecule has 2 unspecified atom stereocenters. The lowest BCUT2D eigenvalue weighted by molar-refractivity contribution is -0.120. The maximum atomic E-state index is 12.8. The molecule has 0 aliphatic carbocycles. The van der Waals surface area contributed by atoms with E-state index >= 15 is 0 Å². The number of benzene rings is 6. The molecule has 1 saturated heterocycles. The van der Waals surface area contributed by atoms with Gasteiger partial charge in [0.25, 0.3) is 0 Å². The van der Waals surface area contributed by atoms with Gasteiger partial charge in [0, 0.05) is 170 Å². The van der Waals surface area contributed by atoms with Gasteiger partial charge in [-0.25, -0.2) is 19.6 Å². The molecule has 3 N–H and O–H groups in total. The number of Topliss-reactive ketones (excluding diaryl/α,β-unsaturated/α-hetero) is 1. The Morgan fingerprint density at radius 3 is 1.38 bits per heavy atom. The number of ketones is 1. The number of aliphatic hydroxyl groups is 2. The number of aromatic nitrogens is 12. The highest BCUT2D eigenvalue weighted by molar-refractivity contribution is 5.90. The molecule has 1 fully saturated rings. The van der Waals surface area contributed by atoms with Crippen molar-refractivity contribution in [2.45, 2.75) is 65.3 Å². The van der Waals surface area contributed by atoms with Crippen LogP contribution in [-0.4, -0.2) is 169 Å². The summed E-state index contributed by atoms with van der Waals surface area (Å²) in [6.07, 6.45) is 18.7. The monoisotopic (exact) mass is 1400 g/mol. The van der Waals surface area contributed by atoms with Crippen molar-refractivity contribution in [2.24, 2.45) is 20.0 Å². The number of aryl methyl sites for hydroxylation is 2. The number of aliphatic hydroxyl groups excluding tert-OH is 2. The number of methoxy groups -OCH3 is 6. The highest BCUT2D eigenvalue weighted by atomic mass is 16.5. The minimum absolute atomic E-state index is 0.0633. The molecule has 6 aromatic carbocycles. The van der Waals surface area contributed by atoms with Gasteiger partial charge in [-0.15, -0.1) is 0 Å². The number of nitrogens with one attached hydrogen (secondary N) is 1. The van der Waals surface area contributed by atoms with Crippen LogP contribution in [0.1, 0.15) is 57.3 Å². The van der Waals surface area contributed by atoms with Crippen molar-refractivity contribution in [3.05, 3.63) is 165 Å². The molecule has 2 atom stereocenters. The van der Waals surface area contributed by atoms with Gasteiger partial charge in [-0.05, 0) is 73.9 Å². The number of ether oxygens (including phenoxy) is 7. The molecule has 103 heavy (non-hydrogen) atoms. The number of rotatable bonds is 26. The Morgan fingerprint density at radius 2 is 0.971 bits per heavy atom. The summed E-state index contributed by atoms with van der Waals surface area (Å²) < 4.78 is 65.9. The van der Waals surface area contributed by atoms with Crippen molar-refractivity contribution in [1.82, 2.24) is 64.6 Å².